The Balaban J connectivity index is 1.70. The van der Waals surface area contributed by atoms with Crippen molar-refractivity contribution in [3.8, 4) is 11.8 Å². The number of anilines is 1. The summed E-state index contributed by atoms with van der Waals surface area (Å²) in [7, 11) is 2.94. The molecule has 204 valence electrons. The van der Waals surface area contributed by atoms with Crippen molar-refractivity contribution in [2.75, 3.05) is 25.1 Å². The molecule has 3 heterocycles. The molecule has 0 aliphatic carbocycles. The second-order valence-electron chi connectivity index (χ2n) is 9.75. The van der Waals surface area contributed by atoms with Crippen LogP contribution in [0.3, 0.4) is 0 Å². The molecule has 3 atom stereocenters. The van der Waals surface area contributed by atoms with E-state index in [-0.39, 0.29) is 36.0 Å². The van der Waals surface area contributed by atoms with E-state index in [1.54, 1.807) is 24.0 Å². The van der Waals surface area contributed by atoms with E-state index in [2.05, 4.69) is 34.8 Å². The second kappa shape index (κ2) is 10.7. The van der Waals surface area contributed by atoms with Crippen LogP contribution in [0.15, 0.2) is 35.3 Å². The van der Waals surface area contributed by atoms with Gasteiger partial charge in [0.1, 0.15) is 17.8 Å². The highest BCUT2D eigenvalue weighted by Crippen LogP contribution is 2.39. The fourth-order valence-corrected chi connectivity index (χ4v) is 5.46. The lowest BCUT2D eigenvalue weighted by molar-refractivity contribution is -0.138. The van der Waals surface area contributed by atoms with E-state index in [1.165, 1.54) is 23.8 Å². The third kappa shape index (κ3) is 4.97. The van der Waals surface area contributed by atoms with Crippen LogP contribution in [0.5, 0.6) is 5.75 Å². The summed E-state index contributed by atoms with van der Waals surface area (Å²) in [6, 6.07) is 7.79. The van der Waals surface area contributed by atoms with Crippen molar-refractivity contribution in [3.63, 3.8) is 0 Å². The molecule has 3 aromatic rings. The van der Waals surface area contributed by atoms with E-state index in [0.717, 1.165) is 30.2 Å². The maximum atomic E-state index is 13.4. The molecule has 2 aromatic heterocycles. The topological polar surface area (TPSA) is 79.3 Å². The average molecular weight is 531 g/mol. The van der Waals surface area contributed by atoms with Crippen LogP contribution in [0.2, 0.25) is 0 Å². The molecule has 0 spiro atoms. The number of ether oxygens (including phenoxy) is 1. The minimum absolute atomic E-state index is 0.0491. The third-order valence-electron chi connectivity index (χ3n) is 7.67. The molecule has 11 heteroatoms. The largest absolute Gasteiger partial charge is 0.496 e. The number of alkyl halides is 3. The number of rotatable bonds is 7. The van der Waals surface area contributed by atoms with Gasteiger partial charge in [-0.15, -0.1) is 0 Å². The normalized spacial score (nSPS) is 19.5. The lowest BCUT2D eigenvalue weighted by Gasteiger charge is -2.49. The third-order valence-corrected chi connectivity index (χ3v) is 7.67. The highest BCUT2D eigenvalue weighted by Gasteiger charge is 2.38. The van der Waals surface area contributed by atoms with Gasteiger partial charge in [0.2, 0.25) is 0 Å². The van der Waals surface area contributed by atoms with Crippen molar-refractivity contribution in [2.45, 2.75) is 64.5 Å². The first kappa shape index (κ1) is 27.5. The number of pyridine rings is 1. The van der Waals surface area contributed by atoms with Crippen LogP contribution in [-0.4, -0.2) is 51.5 Å². The Morgan fingerprint density at radius 1 is 1.18 bits per heavy atom. The van der Waals surface area contributed by atoms with E-state index in [9.17, 15) is 18.0 Å². The van der Waals surface area contributed by atoms with Crippen LogP contribution in [0.4, 0.5) is 18.9 Å². The number of hydrogen-bond acceptors (Lipinski definition) is 6. The summed E-state index contributed by atoms with van der Waals surface area (Å²) < 4.78 is 48.4. The Hall–Kier alpha value is -3.52. The number of halogens is 3. The molecule has 4 rings (SSSR count). The van der Waals surface area contributed by atoms with E-state index in [4.69, 9.17) is 10.00 Å². The van der Waals surface area contributed by atoms with Gasteiger partial charge in [0.15, 0.2) is 0 Å². The molecule has 38 heavy (non-hydrogen) atoms. The molecule has 1 aliphatic rings. The van der Waals surface area contributed by atoms with Gasteiger partial charge >= 0.3 is 6.18 Å². The van der Waals surface area contributed by atoms with Gasteiger partial charge in [0, 0.05) is 44.3 Å². The van der Waals surface area contributed by atoms with Crippen LogP contribution in [0, 0.1) is 11.3 Å². The van der Waals surface area contributed by atoms with Crippen molar-refractivity contribution >= 4 is 16.7 Å². The fourth-order valence-electron chi connectivity index (χ4n) is 5.46. The number of aromatic nitrogens is 3. The number of aryl methyl sites for hydroxylation is 1. The first-order chi connectivity index (χ1) is 18.0. The summed E-state index contributed by atoms with van der Waals surface area (Å²) >= 11 is 0. The number of benzene rings is 1. The van der Waals surface area contributed by atoms with Gasteiger partial charge in [-0.25, -0.2) is 0 Å². The Morgan fingerprint density at radius 3 is 2.50 bits per heavy atom. The van der Waals surface area contributed by atoms with Crippen LogP contribution in [0.1, 0.15) is 50.8 Å². The minimum atomic E-state index is -4.49. The smallest absolute Gasteiger partial charge is 0.419 e. The lowest BCUT2D eigenvalue weighted by Crippen LogP contribution is -2.58. The quantitative estimate of drug-likeness (QED) is 0.440. The van der Waals surface area contributed by atoms with E-state index < -0.39 is 11.7 Å². The second-order valence-corrected chi connectivity index (χ2v) is 9.75. The number of methoxy groups -OCH3 is 1. The molecule has 8 nitrogen and oxygen atoms in total. The van der Waals surface area contributed by atoms with Crippen molar-refractivity contribution in [1.82, 2.24) is 19.2 Å². The Bertz CT molecular complexity index is 1410. The molecule has 1 saturated heterocycles. The van der Waals surface area contributed by atoms with Crippen molar-refractivity contribution in [2.24, 2.45) is 7.05 Å². The maximum absolute atomic E-state index is 13.4. The highest BCUT2D eigenvalue weighted by molar-refractivity contribution is 5.88. The SMILES string of the molecule is CC[C@H]1CN(C(C)c2ccc(C(F)(F)F)c(OC)c2)[C@H](CC)CN1c1cc(=O)n(C)c2cn(CC#N)nc12. The van der Waals surface area contributed by atoms with Crippen molar-refractivity contribution in [1.29, 1.82) is 5.26 Å². The molecule has 0 bridgehead atoms. The van der Waals surface area contributed by atoms with Gasteiger partial charge in [-0.3, -0.25) is 14.4 Å². The molecule has 0 amide bonds. The molecule has 1 aromatic carbocycles. The number of piperazine rings is 1. The van der Waals surface area contributed by atoms with E-state index >= 15 is 0 Å². The minimum Gasteiger partial charge on any atom is -0.496 e. The van der Waals surface area contributed by atoms with Crippen LogP contribution in [0.25, 0.3) is 11.0 Å². The van der Waals surface area contributed by atoms with Crippen LogP contribution in [-0.2, 0) is 19.8 Å². The van der Waals surface area contributed by atoms with Gasteiger partial charge in [-0.05, 0) is 37.5 Å². The predicted octanol–water partition coefficient (Wildman–Crippen LogP) is 4.73. The molecule has 0 radical (unpaired) electrons. The van der Waals surface area contributed by atoms with Gasteiger partial charge in [0.25, 0.3) is 5.56 Å². The summed E-state index contributed by atoms with van der Waals surface area (Å²) in [5.74, 6) is -0.184. The van der Waals surface area contributed by atoms with Crippen molar-refractivity contribution in [3.05, 3.63) is 51.9 Å². The molecule has 1 fully saturated rings. The summed E-state index contributed by atoms with van der Waals surface area (Å²) in [4.78, 5) is 17.4. The van der Waals surface area contributed by atoms with Gasteiger partial charge < -0.3 is 14.2 Å². The molecule has 1 aliphatic heterocycles. The van der Waals surface area contributed by atoms with Gasteiger partial charge in [0.05, 0.1) is 36.1 Å². The molecular weight excluding hydrogens is 497 g/mol. The lowest BCUT2D eigenvalue weighted by atomic mass is 9.96. The molecule has 1 unspecified atom stereocenters. The Morgan fingerprint density at radius 2 is 1.89 bits per heavy atom. The zero-order valence-electron chi connectivity index (χ0n) is 22.3. The fraction of sp³-hybridized carbons (Fsp3) is 0.519. The number of hydrogen-bond donors (Lipinski definition) is 0. The number of fused-ring (bicyclic) bond motifs is 1. The van der Waals surface area contributed by atoms with Gasteiger partial charge in [-0.2, -0.15) is 23.5 Å². The zero-order valence-corrected chi connectivity index (χ0v) is 22.3. The van der Waals surface area contributed by atoms with Crippen LogP contribution < -0.4 is 15.2 Å². The first-order valence-corrected chi connectivity index (χ1v) is 12.8. The molecule has 0 saturated carbocycles. The van der Waals surface area contributed by atoms with Crippen molar-refractivity contribution < 1.29 is 17.9 Å². The summed E-state index contributed by atoms with van der Waals surface area (Å²) in [5, 5.41) is 13.8. The highest BCUT2D eigenvalue weighted by atomic mass is 19.4. The van der Waals surface area contributed by atoms with Gasteiger partial charge in [-0.1, -0.05) is 19.9 Å². The summed E-state index contributed by atoms with van der Waals surface area (Å²) in [6.45, 7) is 7.55. The Kier molecular flexibility index (Phi) is 7.74. The van der Waals surface area contributed by atoms with E-state index in [1.807, 2.05) is 6.92 Å². The van der Waals surface area contributed by atoms with E-state index in [0.29, 0.717) is 24.1 Å². The number of nitrogens with zero attached hydrogens (tertiary/aromatic N) is 6. The van der Waals surface area contributed by atoms with Crippen LogP contribution >= 0.6 is 0 Å². The number of nitriles is 1. The summed E-state index contributed by atoms with van der Waals surface area (Å²) in [5.41, 5.74) is 1.89. The predicted molar refractivity (Wildman–Crippen MR) is 139 cm³/mol. The maximum Gasteiger partial charge on any atom is 0.419 e. The molecule has 0 N–H and O–H groups in total. The Labute approximate surface area is 219 Å². The first-order valence-electron chi connectivity index (χ1n) is 12.8. The standard InChI is InChI=1S/C27H33F3N6O2/c1-6-19-15-36(22-13-25(37)33(4)23-16-34(11-10-31)32-26(22)23)20(7-2)14-35(19)17(3)18-8-9-21(27(28,29)30)24(12-18)38-5/h8-9,12-13,16-17,19-20H,6-7,11,14-15H2,1-5H3/t17?,19-,20+/m1/s1. The monoisotopic (exact) mass is 530 g/mol. The summed E-state index contributed by atoms with van der Waals surface area (Å²) in [6.07, 6.45) is -1.16. The average Bonchev–Trinajstić information content (AvgIpc) is 3.33. The molecular formula is C27H33F3N6O2. The zero-order chi connectivity index (χ0) is 27.8.